The van der Waals surface area contributed by atoms with Gasteiger partial charge in [0.1, 0.15) is 0 Å². The summed E-state index contributed by atoms with van der Waals surface area (Å²) in [5.41, 5.74) is 4.70. The van der Waals surface area contributed by atoms with Gasteiger partial charge in [0, 0.05) is 51.8 Å². The van der Waals surface area contributed by atoms with E-state index in [2.05, 4.69) is 62.1 Å². The summed E-state index contributed by atoms with van der Waals surface area (Å²) in [6.07, 6.45) is 5.79. The summed E-state index contributed by atoms with van der Waals surface area (Å²) in [5, 5.41) is 1.20. The van der Waals surface area contributed by atoms with Gasteiger partial charge in [0.15, 0.2) is 0 Å². The third kappa shape index (κ3) is 4.10. The summed E-state index contributed by atoms with van der Waals surface area (Å²) in [5.74, 6) is 0.288. The third-order valence-corrected chi connectivity index (χ3v) is 8.89. The van der Waals surface area contributed by atoms with Crippen LogP contribution in [-0.4, -0.2) is 67.0 Å². The maximum atomic E-state index is 13.1. The van der Waals surface area contributed by atoms with Crippen LogP contribution in [0.15, 0.2) is 30.5 Å². The molecule has 2 atom stereocenters. The van der Waals surface area contributed by atoms with Crippen molar-refractivity contribution in [2.75, 3.05) is 26.7 Å². The lowest BCUT2D eigenvalue weighted by molar-refractivity contribution is -0.134. The number of carbonyl (C=O) groups excluding carboxylic acids is 2. The van der Waals surface area contributed by atoms with Gasteiger partial charge in [0.05, 0.1) is 11.4 Å². The Morgan fingerprint density at radius 1 is 1.16 bits per heavy atom. The second-order valence-electron chi connectivity index (χ2n) is 10.6. The molecule has 1 amide bonds. The Bertz CT molecular complexity index is 1070. The van der Waals surface area contributed by atoms with Gasteiger partial charge >= 0.3 is 0 Å². The second-order valence-corrected chi connectivity index (χ2v) is 16.2. The van der Waals surface area contributed by atoms with Gasteiger partial charge in [-0.05, 0) is 56.1 Å². The highest BCUT2D eigenvalue weighted by Gasteiger charge is 2.37. The maximum Gasteiger partial charge on any atom is 0.230 e. The fourth-order valence-corrected chi connectivity index (χ4v) is 6.25. The van der Waals surface area contributed by atoms with E-state index in [9.17, 15) is 9.59 Å². The predicted octanol–water partition coefficient (Wildman–Crippen LogP) is 4.75. The van der Waals surface area contributed by atoms with E-state index in [0.717, 1.165) is 37.6 Å². The number of carbonyl (C=O) groups is 2. The minimum atomic E-state index is -1.28. The first-order valence-corrected chi connectivity index (χ1v) is 15.7. The molecule has 5 nitrogen and oxygen atoms in total. The fourth-order valence-electron chi connectivity index (χ4n) is 5.29. The highest BCUT2D eigenvalue weighted by molar-refractivity contribution is 6.76. The van der Waals surface area contributed by atoms with Gasteiger partial charge < -0.3 is 4.90 Å². The SMILES string of the molecule is CCN(CC)C(=O)C1C=C2c3cccc4c3c(cn4C(=O)CC[Si](C)(C)C)CC2N(C)C1. The van der Waals surface area contributed by atoms with Gasteiger partial charge in [-0.15, -0.1) is 0 Å². The highest BCUT2D eigenvalue weighted by Crippen LogP contribution is 2.42. The molecule has 1 aromatic heterocycles. The van der Waals surface area contributed by atoms with E-state index in [1.807, 2.05) is 23.3 Å². The molecular formula is C26H37N3O2Si. The Hall–Kier alpha value is -2.18. The zero-order chi connectivity index (χ0) is 23.2. The maximum absolute atomic E-state index is 13.1. The van der Waals surface area contributed by atoms with Crippen LogP contribution in [0.3, 0.4) is 0 Å². The molecular weight excluding hydrogens is 414 g/mol. The molecule has 0 fully saturated rings. The van der Waals surface area contributed by atoms with E-state index in [1.54, 1.807) is 0 Å². The number of aromatic nitrogens is 1. The first-order chi connectivity index (χ1) is 15.1. The molecule has 0 saturated heterocycles. The number of likely N-dealkylation sites (N-methyl/N-ethyl adjacent to an activating group) is 1. The minimum absolute atomic E-state index is 0.122. The molecule has 0 spiro atoms. The van der Waals surface area contributed by atoms with E-state index >= 15 is 0 Å². The van der Waals surface area contributed by atoms with Crippen molar-refractivity contribution in [3.05, 3.63) is 41.6 Å². The lowest BCUT2D eigenvalue weighted by Crippen LogP contribution is -2.47. The third-order valence-electron chi connectivity index (χ3n) is 7.14. The van der Waals surface area contributed by atoms with Gasteiger partial charge in [0.25, 0.3) is 0 Å². The molecule has 1 aliphatic carbocycles. The smallest absolute Gasteiger partial charge is 0.230 e. The van der Waals surface area contributed by atoms with Crippen molar-refractivity contribution in [2.24, 2.45) is 5.92 Å². The number of nitrogens with zero attached hydrogens (tertiary/aromatic N) is 3. The molecule has 2 unspecified atom stereocenters. The van der Waals surface area contributed by atoms with Crippen molar-refractivity contribution in [1.82, 2.24) is 14.4 Å². The molecule has 2 aliphatic rings. The first-order valence-electron chi connectivity index (χ1n) is 12.0. The molecule has 2 heterocycles. The van der Waals surface area contributed by atoms with Gasteiger partial charge in [0.2, 0.25) is 11.8 Å². The molecule has 32 heavy (non-hydrogen) atoms. The quantitative estimate of drug-likeness (QED) is 0.596. The lowest BCUT2D eigenvalue weighted by atomic mass is 9.79. The topological polar surface area (TPSA) is 45.6 Å². The van der Waals surface area contributed by atoms with Crippen LogP contribution in [0.2, 0.25) is 25.7 Å². The minimum Gasteiger partial charge on any atom is -0.343 e. The molecule has 0 bridgehead atoms. The molecule has 0 saturated carbocycles. The van der Waals surface area contributed by atoms with Crippen LogP contribution in [-0.2, 0) is 11.2 Å². The van der Waals surface area contributed by atoms with E-state index < -0.39 is 8.07 Å². The number of hydrogen-bond acceptors (Lipinski definition) is 3. The Morgan fingerprint density at radius 3 is 2.53 bits per heavy atom. The van der Waals surface area contributed by atoms with Crippen LogP contribution in [0.5, 0.6) is 0 Å². The molecule has 0 N–H and O–H groups in total. The normalized spacial score (nSPS) is 20.8. The van der Waals surface area contributed by atoms with Crippen molar-refractivity contribution in [1.29, 1.82) is 0 Å². The summed E-state index contributed by atoms with van der Waals surface area (Å²) in [7, 11) is 0.851. The first kappa shape index (κ1) is 23.0. The Kier molecular flexibility index (Phi) is 6.20. The van der Waals surface area contributed by atoms with E-state index in [4.69, 9.17) is 0 Å². The van der Waals surface area contributed by atoms with Gasteiger partial charge in [-0.1, -0.05) is 37.8 Å². The molecule has 0 radical (unpaired) electrons. The average molecular weight is 452 g/mol. The lowest BCUT2D eigenvalue weighted by Gasteiger charge is -2.40. The molecule has 2 aromatic rings. The summed E-state index contributed by atoms with van der Waals surface area (Å²) in [4.78, 5) is 30.5. The zero-order valence-electron chi connectivity index (χ0n) is 20.4. The van der Waals surface area contributed by atoms with Crippen LogP contribution in [0, 0.1) is 5.92 Å². The van der Waals surface area contributed by atoms with Crippen LogP contribution in [0.25, 0.3) is 16.5 Å². The average Bonchev–Trinajstić information content (AvgIpc) is 3.13. The van der Waals surface area contributed by atoms with Crippen molar-refractivity contribution >= 4 is 36.4 Å². The monoisotopic (exact) mass is 451 g/mol. The van der Waals surface area contributed by atoms with Crippen LogP contribution in [0.4, 0.5) is 0 Å². The van der Waals surface area contributed by atoms with Crippen LogP contribution in [0.1, 0.15) is 36.2 Å². The summed E-state index contributed by atoms with van der Waals surface area (Å²) >= 11 is 0. The van der Waals surface area contributed by atoms with Crippen molar-refractivity contribution in [3.8, 4) is 0 Å². The van der Waals surface area contributed by atoms with E-state index in [0.29, 0.717) is 6.42 Å². The van der Waals surface area contributed by atoms with Crippen molar-refractivity contribution in [2.45, 2.75) is 58.4 Å². The Morgan fingerprint density at radius 2 is 1.88 bits per heavy atom. The van der Waals surface area contributed by atoms with Gasteiger partial charge in [-0.3, -0.25) is 19.1 Å². The molecule has 4 rings (SSSR count). The van der Waals surface area contributed by atoms with Crippen LogP contribution >= 0.6 is 0 Å². The van der Waals surface area contributed by atoms with Gasteiger partial charge in [-0.2, -0.15) is 0 Å². The zero-order valence-corrected chi connectivity index (χ0v) is 21.4. The number of fused-ring (bicyclic) bond motifs is 2. The molecule has 172 valence electrons. The van der Waals surface area contributed by atoms with Gasteiger partial charge in [-0.25, -0.2) is 0 Å². The van der Waals surface area contributed by atoms with Crippen molar-refractivity contribution < 1.29 is 9.59 Å². The highest BCUT2D eigenvalue weighted by atomic mass is 28.3. The standard InChI is InChI=1S/C26H37N3O2Si/c1-7-28(8-2)26(31)19-14-21-20-10-9-11-22-25(20)18(15-23(21)27(3)16-19)17-29(22)24(30)12-13-32(4,5)6/h9-11,14,17,19,23H,7-8,12-13,15-16H2,1-6H3. The predicted molar refractivity (Wildman–Crippen MR) is 135 cm³/mol. The number of rotatable bonds is 6. The number of amides is 1. The molecule has 6 heteroatoms. The Labute approximate surface area is 193 Å². The molecule has 1 aliphatic heterocycles. The van der Waals surface area contributed by atoms with E-state index in [-0.39, 0.29) is 23.8 Å². The summed E-state index contributed by atoms with van der Waals surface area (Å²) < 4.78 is 1.89. The van der Waals surface area contributed by atoms with E-state index in [1.165, 1.54) is 22.1 Å². The molecule has 1 aromatic carbocycles. The van der Waals surface area contributed by atoms with Crippen molar-refractivity contribution in [3.63, 3.8) is 0 Å². The summed E-state index contributed by atoms with van der Waals surface area (Å²) in [6, 6.07) is 7.55. The Balaban J connectivity index is 1.74. The summed E-state index contributed by atoms with van der Waals surface area (Å²) in [6.45, 7) is 13.2. The number of benzene rings is 1. The fraction of sp³-hybridized carbons (Fsp3) is 0.538. The second kappa shape index (κ2) is 8.63. The number of hydrogen-bond donors (Lipinski definition) is 0. The van der Waals surface area contributed by atoms with Crippen LogP contribution < -0.4 is 0 Å². The largest absolute Gasteiger partial charge is 0.343 e.